The molecule has 0 amide bonds. The molecule has 0 atom stereocenters. The summed E-state index contributed by atoms with van der Waals surface area (Å²) in [6.45, 7) is 13.4. The van der Waals surface area contributed by atoms with Crippen LogP contribution in [0.1, 0.15) is 38.9 Å². The highest BCUT2D eigenvalue weighted by atomic mass is 32.2. The van der Waals surface area contributed by atoms with Crippen LogP contribution in [0.4, 0.5) is 34.1 Å². The highest BCUT2D eigenvalue weighted by Crippen LogP contribution is 2.37. The van der Waals surface area contributed by atoms with Crippen LogP contribution in [-0.2, 0) is 0 Å². The summed E-state index contributed by atoms with van der Waals surface area (Å²) in [5.74, 6) is 3.84. The second-order valence-corrected chi connectivity index (χ2v) is 16.7. The molecule has 274 valence electrons. The van der Waals surface area contributed by atoms with Gasteiger partial charge in [0.25, 0.3) is 11.4 Å². The number of nitro groups is 2. The van der Waals surface area contributed by atoms with Crippen molar-refractivity contribution >= 4 is 101 Å². The Morgan fingerprint density at radius 1 is 0.453 bits per heavy atom. The number of hydrogen-bond donors (Lipinski definition) is 0. The van der Waals surface area contributed by atoms with E-state index in [1.807, 2.05) is 37.7 Å². The van der Waals surface area contributed by atoms with Crippen LogP contribution in [0.15, 0.2) is 86.7 Å². The predicted molar refractivity (Wildman–Crippen MR) is 230 cm³/mol. The molecule has 0 aromatic heterocycles. The van der Waals surface area contributed by atoms with E-state index >= 15 is 0 Å². The van der Waals surface area contributed by atoms with Crippen LogP contribution in [0.5, 0.6) is 0 Å². The van der Waals surface area contributed by atoms with Crippen LogP contribution in [0.3, 0.4) is 0 Å². The first-order chi connectivity index (χ1) is 25.3. The Labute approximate surface area is 326 Å². The third-order valence-electron chi connectivity index (χ3n) is 8.51. The number of aliphatic imine (C=N–C) groups is 4. The zero-order valence-corrected chi connectivity index (χ0v) is 33.9. The molecular weight excluding hydrogens is 745 g/mol. The molecule has 0 radical (unpaired) electrons. The van der Waals surface area contributed by atoms with Crippen LogP contribution in [0.2, 0.25) is 0 Å². The molecular formula is C39H40N6O4S4. The van der Waals surface area contributed by atoms with Gasteiger partial charge < -0.3 is 0 Å². The molecule has 4 aromatic carbocycles. The van der Waals surface area contributed by atoms with Crippen molar-refractivity contribution in [3.05, 3.63) is 126 Å². The van der Waals surface area contributed by atoms with E-state index in [-0.39, 0.29) is 11.4 Å². The van der Waals surface area contributed by atoms with Gasteiger partial charge >= 0.3 is 0 Å². The summed E-state index contributed by atoms with van der Waals surface area (Å²) in [5.41, 5.74) is 9.60. The van der Waals surface area contributed by atoms with E-state index in [1.165, 1.54) is 52.3 Å². The van der Waals surface area contributed by atoms with Crippen molar-refractivity contribution in [3.63, 3.8) is 0 Å². The molecule has 2 aliphatic rings. The molecule has 53 heavy (non-hydrogen) atoms. The van der Waals surface area contributed by atoms with Crippen molar-refractivity contribution in [3.8, 4) is 0 Å². The van der Waals surface area contributed by atoms with E-state index in [0.29, 0.717) is 32.6 Å². The SMILES string of the molecule is Cc1ccc([N+](=O)[O-])c(C)c1N=C1SCCSC1=Nc1c(C)ccc([N+](=O)[O-])c1C.Cc1ccccc1N=C1SCCSC1=Nc1c(C)cccc1C. The van der Waals surface area contributed by atoms with E-state index in [2.05, 4.69) is 51.1 Å². The van der Waals surface area contributed by atoms with Gasteiger partial charge in [0.15, 0.2) is 0 Å². The monoisotopic (exact) mass is 784 g/mol. The lowest BCUT2D eigenvalue weighted by molar-refractivity contribution is -0.385. The summed E-state index contributed by atoms with van der Waals surface area (Å²) in [4.78, 5) is 41.1. The number of thioether (sulfide) groups is 4. The molecule has 0 aliphatic carbocycles. The van der Waals surface area contributed by atoms with Gasteiger partial charge in [0.2, 0.25) is 0 Å². The Bertz CT molecular complexity index is 2090. The highest BCUT2D eigenvalue weighted by molar-refractivity contribution is 8.28. The Morgan fingerprint density at radius 2 is 0.811 bits per heavy atom. The number of nitro benzene ring substituents is 2. The fourth-order valence-electron chi connectivity index (χ4n) is 5.60. The zero-order valence-electron chi connectivity index (χ0n) is 30.6. The lowest BCUT2D eigenvalue weighted by Crippen LogP contribution is -2.15. The van der Waals surface area contributed by atoms with Gasteiger partial charge in [-0.1, -0.05) is 48.5 Å². The lowest BCUT2D eigenvalue weighted by Gasteiger charge is -2.17. The molecule has 0 bridgehead atoms. The average Bonchev–Trinajstić information content (AvgIpc) is 3.12. The Kier molecular flexibility index (Phi) is 13.7. The number of rotatable bonds is 6. The third-order valence-corrected chi connectivity index (χ3v) is 13.1. The highest BCUT2D eigenvalue weighted by Gasteiger charge is 2.23. The van der Waals surface area contributed by atoms with Gasteiger partial charge in [-0.25, -0.2) is 20.0 Å². The average molecular weight is 785 g/mol. The first-order valence-corrected chi connectivity index (χ1v) is 20.8. The number of nitrogens with zero attached hydrogens (tertiary/aromatic N) is 6. The van der Waals surface area contributed by atoms with E-state index in [9.17, 15) is 20.2 Å². The Morgan fingerprint density at radius 3 is 1.23 bits per heavy atom. The van der Waals surface area contributed by atoms with Gasteiger partial charge in [-0.05, 0) is 82.3 Å². The minimum Gasteiger partial charge on any atom is -0.258 e. The molecule has 2 heterocycles. The van der Waals surface area contributed by atoms with Crippen molar-refractivity contribution in [2.24, 2.45) is 20.0 Å². The molecule has 0 unspecified atom stereocenters. The summed E-state index contributed by atoms with van der Waals surface area (Å²) in [6, 6.07) is 20.9. The maximum absolute atomic E-state index is 11.3. The van der Waals surface area contributed by atoms with Crippen LogP contribution in [-0.4, -0.2) is 53.0 Å². The minimum absolute atomic E-state index is 0.0253. The summed E-state index contributed by atoms with van der Waals surface area (Å²) in [7, 11) is 0. The van der Waals surface area contributed by atoms with Crippen molar-refractivity contribution in [1.82, 2.24) is 0 Å². The Balaban J connectivity index is 0.000000211. The maximum Gasteiger partial charge on any atom is 0.274 e. The molecule has 2 fully saturated rings. The Hall–Kier alpha value is -4.24. The molecule has 4 aromatic rings. The maximum atomic E-state index is 11.3. The predicted octanol–water partition coefficient (Wildman–Crippen LogP) is 11.8. The van der Waals surface area contributed by atoms with Gasteiger partial charge in [0, 0.05) is 35.1 Å². The zero-order chi connectivity index (χ0) is 38.2. The number of aryl methyl sites for hydroxylation is 5. The first-order valence-electron chi connectivity index (χ1n) is 16.8. The first kappa shape index (κ1) is 40.0. The van der Waals surface area contributed by atoms with Gasteiger partial charge in [-0.2, -0.15) is 0 Å². The van der Waals surface area contributed by atoms with Crippen LogP contribution >= 0.6 is 47.0 Å². The van der Waals surface area contributed by atoms with Gasteiger partial charge in [0.1, 0.15) is 20.2 Å². The summed E-state index contributed by atoms with van der Waals surface area (Å²) in [5, 5.41) is 26.1. The second kappa shape index (κ2) is 18.2. The van der Waals surface area contributed by atoms with Gasteiger partial charge in [-0.15, -0.1) is 47.0 Å². The number of benzene rings is 4. The van der Waals surface area contributed by atoms with E-state index in [4.69, 9.17) is 20.0 Å². The molecule has 0 saturated carbocycles. The summed E-state index contributed by atoms with van der Waals surface area (Å²) < 4.78 is 0. The standard InChI is InChI=1S/C20H20N4O4S2.C19H20N2S2/c1-11-5-7-15(23(25)26)13(3)17(11)21-19-20(30-10-9-29-19)22-18-12(2)6-8-16(14(18)4)24(27)28;1-13-7-4-5-10-16(13)20-18-19(23-12-11-22-18)21-17-14(2)8-6-9-15(17)3/h5-8H,9-10H2,1-4H3;4-10H,11-12H2,1-3H3. The largest absolute Gasteiger partial charge is 0.274 e. The normalized spacial score (nSPS) is 17.6. The third kappa shape index (κ3) is 9.85. The van der Waals surface area contributed by atoms with Crippen molar-refractivity contribution in [2.45, 2.75) is 48.5 Å². The fourth-order valence-corrected chi connectivity index (χ4v) is 9.72. The van der Waals surface area contributed by atoms with Crippen molar-refractivity contribution < 1.29 is 9.85 Å². The smallest absolute Gasteiger partial charge is 0.258 e. The van der Waals surface area contributed by atoms with Gasteiger partial charge in [-0.3, -0.25) is 20.2 Å². The lowest BCUT2D eigenvalue weighted by atomic mass is 10.1. The van der Waals surface area contributed by atoms with Gasteiger partial charge in [0.05, 0.1) is 43.7 Å². The van der Waals surface area contributed by atoms with Crippen LogP contribution in [0, 0.1) is 68.7 Å². The van der Waals surface area contributed by atoms with Crippen molar-refractivity contribution in [1.29, 1.82) is 0 Å². The van der Waals surface area contributed by atoms with E-state index in [0.717, 1.165) is 55.6 Å². The molecule has 6 rings (SSSR count). The fraction of sp³-hybridized carbons (Fsp3) is 0.282. The molecule has 10 nitrogen and oxygen atoms in total. The van der Waals surface area contributed by atoms with Crippen molar-refractivity contribution in [2.75, 3.05) is 23.0 Å². The minimum atomic E-state index is -0.411. The molecule has 14 heteroatoms. The topological polar surface area (TPSA) is 136 Å². The number of para-hydroxylation sites is 2. The quantitative estimate of drug-likeness (QED) is 0.139. The van der Waals surface area contributed by atoms with Crippen LogP contribution in [0.25, 0.3) is 0 Å². The van der Waals surface area contributed by atoms with Crippen LogP contribution < -0.4 is 0 Å². The summed E-state index contributed by atoms with van der Waals surface area (Å²) >= 11 is 6.68. The molecule has 0 N–H and O–H groups in total. The molecule has 2 saturated heterocycles. The molecule has 0 spiro atoms. The second-order valence-electron chi connectivity index (χ2n) is 12.4. The summed E-state index contributed by atoms with van der Waals surface area (Å²) in [6.07, 6.45) is 0. The van der Waals surface area contributed by atoms with E-state index in [1.54, 1.807) is 37.7 Å². The van der Waals surface area contributed by atoms with E-state index < -0.39 is 9.85 Å². The number of hydrogen-bond acceptors (Lipinski definition) is 12. The molecule has 2 aliphatic heterocycles.